The lowest BCUT2D eigenvalue weighted by Crippen LogP contribution is -2.32. The molecule has 14 heavy (non-hydrogen) atoms. The van der Waals surface area contributed by atoms with E-state index < -0.39 is 0 Å². The molecule has 0 aromatic carbocycles. The molecular formula is C11H21NO2. The molecule has 0 saturated carbocycles. The number of carbonyl (C=O) groups excluding carboxylic acids is 1. The van der Waals surface area contributed by atoms with E-state index in [0.29, 0.717) is 6.61 Å². The lowest BCUT2D eigenvalue weighted by molar-refractivity contribution is -0.145. The largest absolute Gasteiger partial charge is 0.465 e. The first-order valence-corrected chi connectivity index (χ1v) is 5.74. The zero-order valence-electron chi connectivity index (χ0n) is 9.05. The Kier molecular flexibility index (Phi) is 5.60. The Morgan fingerprint density at radius 1 is 1.43 bits per heavy atom. The van der Waals surface area contributed by atoms with Crippen molar-refractivity contribution in [1.29, 1.82) is 0 Å². The van der Waals surface area contributed by atoms with Crippen molar-refractivity contribution < 1.29 is 9.53 Å². The molecule has 0 bridgehead atoms. The maximum atomic E-state index is 11.4. The van der Waals surface area contributed by atoms with Gasteiger partial charge in [0.05, 0.1) is 6.61 Å². The smallest absolute Gasteiger partial charge is 0.323 e. The molecule has 1 N–H and O–H groups in total. The lowest BCUT2D eigenvalue weighted by Gasteiger charge is -2.09. The van der Waals surface area contributed by atoms with Gasteiger partial charge in [-0.3, -0.25) is 4.79 Å². The Morgan fingerprint density at radius 2 is 2.29 bits per heavy atom. The maximum Gasteiger partial charge on any atom is 0.323 e. The van der Waals surface area contributed by atoms with Crippen molar-refractivity contribution in [1.82, 2.24) is 5.32 Å². The molecule has 1 fully saturated rings. The molecule has 82 valence electrons. The van der Waals surface area contributed by atoms with Gasteiger partial charge < -0.3 is 10.1 Å². The highest BCUT2D eigenvalue weighted by Gasteiger charge is 2.22. The normalized spacial score (nSPS) is 21.1. The minimum atomic E-state index is -0.0565. The van der Waals surface area contributed by atoms with E-state index >= 15 is 0 Å². The van der Waals surface area contributed by atoms with E-state index in [4.69, 9.17) is 4.74 Å². The molecule has 1 atom stereocenters. The second-order valence-electron chi connectivity index (χ2n) is 3.88. The third-order valence-corrected chi connectivity index (χ3v) is 2.59. The number of hydrogen-bond donors (Lipinski definition) is 1. The summed E-state index contributed by atoms with van der Waals surface area (Å²) >= 11 is 0. The average Bonchev–Trinajstić information content (AvgIpc) is 2.70. The summed E-state index contributed by atoms with van der Waals surface area (Å²) in [7, 11) is 0. The molecule has 0 spiro atoms. The third-order valence-electron chi connectivity index (χ3n) is 2.59. The van der Waals surface area contributed by atoms with Crippen LogP contribution in [0.2, 0.25) is 0 Å². The number of unbranched alkanes of at least 4 members (excludes halogenated alkanes) is 3. The predicted octanol–water partition coefficient (Wildman–Crippen LogP) is 1.86. The van der Waals surface area contributed by atoms with Crippen molar-refractivity contribution in [3.63, 3.8) is 0 Å². The Hall–Kier alpha value is -0.570. The average molecular weight is 199 g/mol. The predicted molar refractivity (Wildman–Crippen MR) is 56.1 cm³/mol. The van der Waals surface area contributed by atoms with E-state index in [1.165, 1.54) is 19.3 Å². The van der Waals surface area contributed by atoms with Gasteiger partial charge in [-0.2, -0.15) is 0 Å². The number of rotatable bonds is 6. The van der Waals surface area contributed by atoms with Gasteiger partial charge in [0.2, 0.25) is 0 Å². The molecule has 1 aliphatic rings. The van der Waals surface area contributed by atoms with Gasteiger partial charge in [0.15, 0.2) is 0 Å². The number of carbonyl (C=O) groups is 1. The van der Waals surface area contributed by atoms with Crippen LogP contribution >= 0.6 is 0 Å². The van der Waals surface area contributed by atoms with Crippen molar-refractivity contribution in [2.24, 2.45) is 0 Å². The molecule has 3 nitrogen and oxygen atoms in total. The monoisotopic (exact) mass is 199 g/mol. The van der Waals surface area contributed by atoms with Gasteiger partial charge in [-0.1, -0.05) is 26.2 Å². The van der Waals surface area contributed by atoms with Crippen molar-refractivity contribution in [3.05, 3.63) is 0 Å². The minimum Gasteiger partial charge on any atom is -0.465 e. The van der Waals surface area contributed by atoms with E-state index in [2.05, 4.69) is 12.2 Å². The van der Waals surface area contributed by atoms with E-state index in [9.17, 15) is 4.79 Å². The van der Waals surface area contributed by atoms with Gasteiger partial charge in [0.25, 0.3) is 0 Å². The van der Waals surface area contributed by atoms with Gasteiger partial charge in [-0.15, -0.1) is 0 Å². The molecule has 0 aliphatic carbocycles. The fraction of sp³-hybridized carbons (Fsp3) is 0.909. The molecule has 1 heterocycles. The van der Waals surface area contributed by atoms with Crippen molar-refractivity contribution in [2.45, 2.75) is 51.5 Å². The first-order valence-electron chi connectivity index (χ1n) is 5.74. The van der Waals surface area contributed by atoms with Crippen LogP contribution in [0.4, 0.5) is 0 Å². The second kappa shape index (κ2) is 6.82. The minimum absolute atomic E-state index is 0.0267. The maximum absolute atomic E-state index is 11.4. The summed E-state index contributed by atoms with van der Waals surface area (Å²) in [6, 6.07) is -0.0267. The highest BCUT2D eigenvalue weighted by atomic mass is 16.5. The molecule has 3 heteroatoms. The SMILES string of the molecule is CCCCCCOC(=O)[C@H]1CCCN1. The number of nitrogens with one attached hydrogen (secondary N) is 1. The van der Waals surface area contributed by atoms with Gasteiger partial charge >= 0.3 is 5.97 Å². The quantitative estimate of drug-likeness (QED) is 0.524. The van der Waals surface area contributed by atoms with E-state index in [1.54, 1.807) is 0 Å². The van der Waals surface area contributed by atoms with Crippen LogP contribution in [0.15, 0.2) is 0 Å². The van der Waals surface area contributed by atoms with Crippen molar-refractivity contribution in [2.75, 3.05) is 13.2 Å². The first kappa shape index (κ1) is 11.5. The standard InChI is InChI=1S/C11H21NO2/c1-2-3-4-5-9-14-11(13)10-7-6-8-12-10/h10,12H,2-9H2,1H3/t10-/m1/s1. The summed E-state index contributed by atoms with van der Waals surface area (Å²) in [6.07, 6.45) is 6.66. The first-order chi connectivity index (χ1) is 6.84. The van der Waals surface area contributed by atoms with Crippen LogP contribution in [0.1, 0.15) is 45.4 Å². The molecule has 1 saturated heterocycles. The van der Waals surface area contributed by atoms with E-state index in [0.717, 1.165) is 25.8 Å². The topological polar surface area (TPSA) is 38.3 Å². The van der Waals surface area contributed by atoms with Gasteiger partial charge in [0, 0.05) is 0 Å². The van der Waals surface area contributed by atoms with Crippen LogP contribution < -0.4 is 5.32 Å². The highest BCUT2D eigenvalue weighted by Crippen LogP contribution is 2.07. The second-order valence-corrected chi connectivity index (χ2v) is 3.88. The zero-order valence-corrected chi connectivity index (χ0v) is 9.05. The van der Waals surface area contributed by atoms with Gasteiger partial charge in [-0.05, 0) is 25.8 Å². The lowest BCUT2D eigenvalue weighted by atomic mass is 10.2. The van der Waals surface area contributed by atoms with E-state index in [1.807, 2.05) is 0 Å². The Bertz CT molecular complexity index is 165. The molecule has 0 aromatic rings. The van der Waals surface area contributed by atoms with Gasteiger partial charge in [-0.25, -0.2) is 0 Å². The molecule has 1 aliphatic heterocycles. The third kappa shape index (κ3) is 4.09. The van der Waals surface area contributed by atoms with Crippen LogP contribution in [0.5, 0.6) is 0 Å². The van der Waals surface area contributed by atoms with Crippen molar-refractivity contribution in [3.8, 4) is 0 Å². The molecule has 0 radical (unpaired) electrons. The Balaban J connectivity index is 1.97. The molecular weight excluding hydrogens is 178 g/mol. The number of hydrogen-bond acceptors (Lipinski definition) is 3. The van der Waals surface area contributed by atoms with Crippen LogP contribution in [0.3, 0.4) is 0 Å². The van der Waals surface area contributed by atoms with Crippen LogP contribution in [0, 0.1) is 0 Å². The summed E-state index contributed by atoms with van der Waals surface area (Å²) in [5.74, 6) is -0.0565. The van der Waals surface area contributed by atoms with Crippen LogP contribution in [-0.4, -0.2) is 25.2 Å². The Morgan fingerprint density at radius 3 is 2.93 bits per heavy atom. The summed E-state index contributed by atoms with van der Waals surface area (Å²) in [5, 5.41) is 3.13. The summed E-state index contributed by atoms with van der Waals surface area (Å²) in [4.78, 5) is 11.4. The van der Waals surface area contributed by atoms with Crippen LogP contribution in [0.25, 0.3) is 0 Å². The fourth-order valence-electron chi connectivity index (χ4n) is 1.69. The summed E-state index contributed by atoms with van der Waals surface area (Å²) in [6.45, 7) is 3.72. The number of esters is 1. The molecule has 0 aromatic heterocycles. The number of ether oxygens (including phenoxy) is 1. The molecule has 1 rings (SSSR count). The zero-order chi connectivity index (χ0) is 10.2. The fourth-order valence-corrected chi connectivity index (χ4v) is 1.69. The highest BCUT2D eigenvalue weighted by molar-refractivity contribution is 5.76. The molecule has 0 unspecified atom stereocenters. The van der Waals surface area contributed by atoms with Crippen LogP contribution in [-0.2, 0) is 9.53 Å². The molecule has 0 amide bonds. The Labute approximate surface area is 86.2 Å². The van der Waals surface area contributed by atoms with Crippen molar-refractivity contribution >= 4 is 5.97 Å². The van der Waals surface area contributed by atoms with E-state index in [-0.39, 0.29) is 12.0 Å². The van der Waals surface area contributed by atoms with Gasteiger partial charge in [0.1, 0.15) is 6.04 Å². The summed E-state index contributed by atoms with van der Waals surface area (Å²) < 4.78 is 5.17. The summed E-state index contributed by atoms with van der Waals surface area (Å²) in [5.41, 5.74) is 0.